The number of nitrogens with zero attached hydrogens (tertiary/aromatic N) is 3. The molecule has 102 valence electrons. The van der Waals surface area contributed by atoms with Gasteiger partial charge < -0.3 is 13.9 Å². The van der Waals surface area contributed by atoms with E-state index in [9.17, 15) is 0 Å². The van der Waals surface area contributed by atoms with Crippen molar-refractivity contribution in [2.75, 3.05) is 12.5 Å². The maximum atomic E-state index is 8.73. The second-order valence-corrected chi connectivity index (χ2v) is 5.25. The summed E-state index contributed by atoms with van der Waals surface area (Å²) in [4.78, 5) is 0. The number of thioether (sulfide) groups is 1. The van der Waals surface area contributed by atoms with E-state index in [2.05, 4.69) is 16.3 Å². The van der Waals surface area contributed by atoms with Gasteiger partial charge in [-0.2, -0.15) is 5.26 Å². The van der Waals surface area contributed by atoms with Gasteiger partial charge in [-0.25, -0.2) is 0 Å². The summed E-state index contributed by atoms with van der Waals surface area (Å²) < 4.78 is 16.1. The molecule has 0 saturated heterocycles. The Balaban J connectivity index is 1.75. The van der Waals surface area contributed by atoms with Crippen LogP contribution in [-0.2, 0) is 0 Å². The summed E-state index contributed by atoms with van der Waals surface area (Å²) in [5, 5.41) is 17.1. The minimum atomic E-state index is -0.0547. The van der Waals surface area contributed by atoms with Crippen LogP contribution in [0.2, 0.25) is 0 Å². The molecule has 0 radical (unpaired) electrons. The van der Waals surface area contributed by atoms with E-state index in [0.29, 0.717) is 28.4 Å². The van der Waals surface area contributed by atoms with Crippen molar-refractivity contribution in [2.24, 2.45) is 5.92 Å². The van der Waals surface area contributed by atoms with Gasteiger partial charge in [0.15, 0.2) is 11.5 Å². The lowest BCUT2D eigenvalue weighted by Crippen LogP contribution is -1.92. The van der Waals surface area contributed by atoms with Crippen LogP contribution in [0.15, 0.2) is 27.8 Å². The van der Waals surface area contributed by atoms with Crippen molar-refractivity contribution in [2.45, 2.75) is 12.1 Å². The van der Waals surface area contributed by atoms with E-state index in [1.54, 1.807) is 0 Å². The normalized spacial score (nSPS) is 14.0. The fraction of sp³-hybridized carbons (Fsp3) is 0.308. The van der Waals surface area contributed by atoms with Crippen LogP contribution in [0.1, 0.15) is 6.92 Å². The first-order chi connectivity index (χ1) is 9.76. The van der Waals surface area contributed by atoms with Crippen molar-refractivity contribution >= 4 is 11.8 Å². The van der Waals surface area contributed by atoms with E-state index in [4.69, 9.17) is 19.2 Å². The monoisotopic (exact) mass is 289 g/mol. The maximum absolute atomic E-state index is 8.73. The molecule has 20 heavy (non-hydrogen) atoms. The standard InChI is InChI=1S/C13H11N3O3S/c1-8(5-14)6-20-13-16-15-12(19-13)9-2-3-10-11(4-9)18-7-17-10/h2-4,8H,6-7H2,1H3/t8-/m0/s1. The molecule has 2 aromatic rings. The number of aromatic nitrogens is 2. The molecule has 1 atom stereocenters. The molecule has 0 saturated carbocycles. The predicted octanol–water partition coefficient (Wildman–Crippen LogP) is 2.72. The van der Waals surface area contributed by atoms with E-state index < -0.39 is 0 Å². The predicted molar refractivity (Wildman–Crippen MR) is 71.4 cm³/mol. The number of hydrogen-bond donors (Lipinski definition) is 0. The highest BCUT2D eigenvalue weighted by molar-refractivity contribution is 7.99. The average molecular weight is 289 g/mol. The number of rotatable bonds is 4. The molecular weight excluding hydrogens is 278 g/mol. The van der Waals surface area contributed by atoms with Crippen LogP contribution in [0.5, 0.6) is 11.5 Å². The van der Waals surface area contributed by atoms with Gasteiger partial charge in [-0.3, -0.25) is 0 Å². The van der Waals surface area contributed by atoms with Gasteiger partial charge in [0.25, 0.3) is 5.22 Å². The Hall–Kier alpha value is -2.20. The van der Waals surface area contributed by atoms with Crippen LogP contribution in [0.3, 0.4) is 0 Å². The van der Waals surface area contributed by atoms with Crippen molar-refractivity contribution in [3.8, 4) is 29.0 Å². The van der Waals surface area contributed by atoms with Crippen LogP contribution in [0.25, 0.3) is 11.5 Å². The molecule has 0 fully saturated rings. The minimum Gasteiger partial charge on any atom is -0.454 e. The van der Waals surface area contributed by atoms with Gasteiger partial charge in [-0.15, -0.1) is 10.2 Å². The summed E-state index contributed by atoms with van der Waals surface area (Å²) in [6.45, 7) is 2.08. The third kappa shape index (κ3) is 2.56. The van der Waals surface area contributed by atoms with E-state index >= 15 is 0 Å². The molecule has 1 aliphatic rings. The summed E-state index contributed by atoms with van der Waals surface area (Å²) in [5.74, 6) is 2.38. The van der Waals surface area contributed by atoms with E-state index in [0.717, 1.165) is 5.56 Å². The van der Waals surface area contributed by atoms with Crippen LogP contribution in [0, 0.1) is 17.2 Å². The number of hydrogen-bond acceptors (Lipinski definition) is 7. The maximum Gasteiger partial charge on any atom is 0.276 e. The smallest absolute Gasteiger partial charge is 0.276 e. The van der Waals surface area contributed by atoms with Crippen LogP contribution >= 0.6 is 11.8 Å². The van der Waals surface area contributed by atoms with Crippen LogP contribution in [-0.4, -0.2) is 22.7 Å². The summed E-state index contributed by atoms with van der Waals surface area (Å²) in [7, 11) is 0. The van der Waals surface area contributed by atoms with Gasteiger partial charge in [-0.05, 0) is 25.1 Å². The number of ether oxygens (including phenoxy) is 2. The Bertz CT molecular complexity index is 665. The van der Waals surface area contributed by atoms with E-state index in [1.807, 2.05) is 25.1 Å². The van der Waals surface area contributed by atoms with E-state index in [-0.39, 0.29) is 12.7 Å². The Morgan fingerprint density at radius 1 is 1.35 bits per heavy atom. The molecule has 0 amide bonds. The third-order valence-corrected chi connectivity index (χ3v) is 3.78. The highest BCUT2D eigenvalue weighted by atomic mass is 32.2. The average Bonchev–Trinajstić information content (AvgIpc) is 3.12. The zero-order chi connectivity index (χ0) is 13.9. The minimum absolute atomic E-state index is 0.0547. The number of fused-ring (bicyclic) bond motifs is 1. The van der Waals surface area contributed by atoms with Crippen molar-refractivity contribution in [3.63, 3.8) is 0 Å². The molecule has 1 aromatic heterocycles. The Kier molecular flexibility index (Phi) is 3.48. The second-order valence-electron chi connectivity index (χ2n) is 4.28. The van der Waals surface area contributed by atoms with Gasteiger partial charge in [0.1, 0.15) is 0 Å². The molecule has 0 spiro atoms. The first-order valence-electron chi connectivity index (χ1n) is 6.02. The lowest BCUT2D eigenvalue weighted by molar-refractivity contribution is 0.174. The van der Waals surface area contributed by atoms with Crippen molar-refractivity contribution in [1.82, 2.24) is 10.2 Å². The summed E-state index contributed by atoms with van der Waals surface area (Å²) >= 11 is 1.38. The first-order valence-corrected chi connectivity index (χ1v) is 7.01. The zero-order valence-electron chi connectivity index (χ0n) is 10.7. The third-order valence-electron chi connectivity index (χ3n) is 2.70. The molecule has 1 aliphatic heterocycles. The largest absolute Gasteiger partial charge is 0.454 e. The Morgan fingerprint density at radius 3 is 3.05 bits per heavy atom. The number of nitriles is 1. The van der Waals surface area contributed by atoms with Crippen LogP contribution in [0.4, 0.5) is 0 Å². The van der Waals surface area contributed by atoms with Gasteiger partial charge in [0.05, 0.1) is 12.0 Å². The van der Waals surface area contributed by atoms with Gasteiger partial charge >= 0.3 is 0 Å². The fourth-order valence-electron chi connectivity index (χ4n) is 1.65. The topological polar surface area (TPSA) is 81.2 Å². The molecule has 3 rings (SSSR count). The second kappa shape index (κ2) is 5.43. The lowest BCUT2D eigenvalue weighted by Gasteiger charge is -1.98. The highest BCUT2D eigenvalue weighted by Crippen LogP contribution is 2.36. The summed E-state index contributed by atoms with van der Waals surface area (Å²) in [6, 6.07) is 7.62. The van der Waals surface area contributed by atoms with Crippen molar-refractivity contribution in [3.05, 3.63) is 18.2 Å². The highest BCUT2D eigenvalue weighted by Gasteiger charge is 2.17. The fourth-order valence-corrected chi connectivity index (χ4v) is 2.35. The summed E-state index contributed by atoms with van der Waals surface area (Å²) in [6.07, 6.45) is 0. The first kappa shape index (κ1) is 12.8. The zero-order valence-corrected chi connectivity index (χ0v) is 11.5. The molecule has 6 nitrogen and oxygen atoms in total. The molecule has 2 heterocycles. The van der Waals surface area contributed by atoms with Crippen molar-refractivity contribution in [1.29, 1.82) is 5.26 Å². The van der Waals surface area contributed by atoms with E-state index in [1.165, 1.54) is 11.8 Å². The van der Waals surface area contributed by atoms with Crippen LogP contribution < -0.4 is 9.47 Å². The Morgan fingerprint density at radius 2 is 2.20 bits per heavy atom. The van der Waals surface area contributed by atoms with Gasteiger partial charge in [-0.1, -0.05) is 11.8 Å². The molecule has 7 heteroatoms. The lowest BCUT2D eigenvalue weighted by atomic mass is 10.2. The van der Waals surface area contributed by atoms with Gasteiger partial charge in [0, 0.05) is 11.3 Å². The molecule has 0 unspecified atom stereocenters. The summed E-state index contributed by atoms with van der Waals surface area (Å²) in [5.41, 5.74) is 0.780. The number of benzene rings is 1. The molecule has 0 N–H and O–H groups in total. The molecule has 0 bridgehead atoms. The SMILES string of the molecule is C[C@@H](C#N)CSc1nnc(-c2ccc3c(c2)OCO3)o1. The molecule has 0 aliphatic carbocycles. The van der Waals surface area contributed by atoms with Crippen molar-refractivity contribution < 1.29 is 13.9 Å². The molecular formula is C13H11N3O3S. The quantitative estimate of drug-likeness (QED) is 0.800. The van der Waals surface area contributed by atoms with Gasteiger partial charge in [0.2, 0.25) is 12.7 Å². The Labute approximate surface area is 119 Å². The molecule has 1 aromatic carbocycles.